The minimum Gasteiger partial charge on any atom is -0.496 e. The van der Waals surface area contributed by atoms with E-state index in [4.69, 9.17) is 4.74 Å². The monoisotopic (exact) mass is 457 g/mol. The maximum Gasteiger partial charge on any atom is 0.228 e. The standard InChI is InChI=1S/C27H43N3O3/c1-6-7-8-15-25(31)29(16-11-13-23-12-9-10-14-24(23)33-5)20-17-28-18-21-30(22-19-28)26(32)27(2,3)4/h9-14H,6-8,15-22H2,1-5H3/b13-11+. The number of nitrogens with zero attached hydrogens (tertiary/aromatic N) is 3. The number of carbonyl (C=O) groups is 2. The van der Waals surface area contributed by atoms with Crippen LogP contribution in [0.15, 0.2) is 30.3 Å². The third-order valence-electron chi connectivity index (χ3n) is 6.10. The Balaban J connectivity index is 1.92. The summed E-state index contributed by atoms with van der Waals surface area (Å²) in [4.78, 5) is 31.7. The second-order valence-corrected chi connectivity index (χ2v) is 9.83. The number of amides is 2. The van der Waals surface area contributed by atoms with E-state index in [9.17, 15) is 9.59 Å². The van der Waals surface area contributed by atoms with Crippen LogP contribution in [-0.4, -0.2) is 79.4 Å². The van der Waals surface area contributed by atoms with E-state index in [2.05, 4.69) is 17.9 Å². The Morgan fingerprint density at radius 1 is 1.09 bits per heavy atom. The van der Waals surface area contributed by atoms with Crippen molar-refractivity contribution in [2.75, 3.05) is 52.9 Å². The van der Waals surface area contributed by atoms with Crippen molar-refractivity contribution in [1.82, 2.24) is 14.7 Å². The van der Waals surface area contributed by atoms with Gasteiger partial charge < -0.3 is 14.5 Å². The highest BCUT2D eigenvalue weighted by atomic mass is 16.5. The van der Waals surface area contributed by atoms with Crippen molar-refractivity contribution < 1.29 is 14.3 Å². The van der Waals surface area contributed by atoms with Crippen molar-refractivity contribution in [1.29, 1.82) is 0 Å². The van der Waals surface area contributed by atoms with Gasteiger partial charge in [0.05, 0.1) is 7.11 Å². The van der Waals surface area contributed by atoms with Gasteiger partial charge in [0.25, 0.3) is 0 Å². The predicted molar refractivity (Wildman–Crippen MR) is 135 cm³/mol. The maximum absolute atomic E-state index is 12.9. The van der Waals surface area contributed by atoms with E-state index in [0.717, 1.165) is 63.3 Å². The molecule has 1 aliphatic rings. The molecule has 0 atom stereocenters. The molecule has 2 amide bonds. The first-order valence-corrected chi connectivity index (χ1v) is 12.3. The van der Waals surface area contributed by atoms with Gasteiger partial charge in [-0.1, -0.05) is 70.9 Å². The molecule has 0 saturated carbocycles. The zero-order valence-corrected chi connectivity index (χ0v) is 21.3. The zero-order valence-electron chi connectivity index (χ0n) is 21.3. The molecule has 1 aromatic carbocycles. The van der Waals surface area contributed by atoms with Gasteiger partial charge in [0.1, 0.15) is 5.75 Å². The molecular weight excluding hydrogens is 414 g/mol. The van der Waals surface area contributed by atoms with Gasteiger partial charge in [-0.15, -0.1) is 0 Å². The quantitative estimate of drug-likeness (QED) is 0.465. The third kappa shape index (κ3) is 8.84. The van der Waals surface area contributed by atoms with Crippen molar-refractivity contribution in [2.24, 2.45) is 5.41 Å². The SMILES string of the molecule is CCCCCC(=O)N(C/C=C/c1ccccc1OC)CCN1CCN(C(=O)C(C)(C)C)CC1. The molecule has 1 saturated heterocycles. The fraction of sp³-hybridized carbons (Fsp3) is 0.630. The molecule has 1 aliphatic heterocycles. The van der Waals surface area contributed by atoms with E-state index in [-0.39, 0.29) is 17.2 Å². The lowest BCUT2D eigenvalue weighted by Crippen LogP contribution is -2.52. The van der Waals surface area contributed by atoms with Gasteiger partial charge in [-0.05, 0) is 12.5 Å². The molecule has 1 heterocycles. The molecule has 0 aliphatic carbocycles. The number of para-hydroxylation sites is 1. The van der Waals surface area contributed by atoms with Crippen LogP contribution in [0.4, 0.5) is 0 Å². The topological polar surface area (TPSA) is 53.1 Å². The lowest BCUT2D eigenvalue weighted by molar-refractivity contribution is -0.141. The number of benzene rings is 1. The summed E-state index contributed by atoms with van der Waals surface area (Å²) in [7, 11) is 1.67. The summed E-state index contributed by atoms with van der Waals surface area (Å²) < 4.78 is 5.42. The van der Waals surface area contributed by atoms with E-state index >= 15 is 0 Å². The van der Waals surface area contributed by atoms with Gasteiger partial charge in [-0.25, -0.2) is 0 Å². The molecule has 0 aromatic heterocycles. The molecule has 184 valence electrons. The van der Waals surface area contributed by atoms with Crippen molar-refractivity contribution in [3.8, 4) is 5.75 Å². The molecule has 6 nitrogen and oxygen atoms in total. The van der Waals surface area contributed by atoms with E-state index in [0.29, 0.717) is 19.5 Å². The first-order chi connectivity index (χ1) is 15.8. The smallest absolute Gasteiger partial charge is 0.228 e. The average molecular weight is 458 g/mol. The number of hydrogen-bond acceptors (Lipinski definition) is 4. The summed E-state index contributed by atoms with van der Waals surface area (Å²) in [6.07, 6.45) is 7.82. The lowest BCUT2D eigenvalue weighted by Gasteiger charge is -2.38. The van der Waals surface area contributed by atoms with Gasteiger partial charge in [0, 0.05) is 63.2 Å². The Bertz CT molecular complexity index is 777. The molecule has 1 fully saturated rings. The number of carbonyl (C=O) groups excluding carboxylic acids is 2. The summed E-state index contributed by atoms with van der Waals surface area (Å²) in [5, 5.41) is 0. The highest BCUT2D eigenvalue weighted by molar-refractivity contribution is 5.81. The lowest BCUT2D eigenvalue weighted by atomic mass is 9.94. The zero-order chi connectivity index (χ0) is 24.3. The number of hydrogen-bond donors (Lipinski definition) is 0. The highest BCUT2D eigenvalue weighted by Gasteiger charge is 2.29. The minimum absolute atomic E-state index is 0.217. The summed E-state index contributed by atoms with van der Waals surface area (Å²) in [5.74, 6) is 1.27. The van der Waals surface area contributed by atoms with E-state index in [1.165, 1.54) is 0 Å². The van der Waals surface area contributed by atoms with Crippen LogP contribution in [0.3, 0.4) is 0 Å². The Morgan fingerprint density at radius 2 is 1.79 bits per heavy atom. The van der Waals surface area contributed by atoms with Gasteiger partial charge >= 0.3 is 0 Å². The molecule has 33 heavy (non-hydrogen) atoms. The molecule has 0 N–H and O–H groups in total. The molecule has 2 rings (SSSR count). The maximum atomic E-state index is 12.9. The van der Waals surface area contributed by atoms with Crippen LogP contribution < -0.4 is 4.74 Å². The first-order valence-electron chi connectivity index (χ1n) is 12.3. The van der Waals surface area contributed by atoms with Crippen LogP contribution in [0, 0.1) is 5.41 Å². The molecule has 0 bridgehead atoms. The molecule has 1 aromatic rings. The number of piperazine rings is 1. The Kier molecular flexibility index (Phi) is 10.9. The fourth-order valence-electron chi connectivity index (χ4n) is 4.02. The minimum atomic E-state index is -0.336. The van der Waals surface area contributed by atoms with Crippen LogP contribution in [0.2, 0.25) is 0 Å². The normalized spacial score (nSPS) is 15.1. The van der Waals surface area contributed by atoms with E-state index < -0.39 is 0 Å². The van der Waals surface area contributed by atoms with E-state index in [1.54, 1.807) is 7.11 Å². The second-order valence-electron chi connectivity index (χ2n) is 9.83. The summed E-state index contributed by atoms with van der Waals surface area (Å²) >= 11 is 0. The predicted octanol–water partition coefficient (Wildman–Crippen LogP) is 4.31. The Labute approximate surface area is 200 Å². The van der Waals surface area contributed by atoms with Crippen molar-refractivity contribution in [2.45, 2.75) is 53.4 Å². The molecule has 0 unspecified atom stereocenters. The number of ether oxygens (including phenoxy) is 1. The average Bonchev–Trinajstić information content (AvgIpc) is 2.80. The second kappa shape index (κ2) is 13.4. The van der Waals surface area contributed by atoms with Crippen molar-refractivity contribution in [3.05, 3.63) is 35.9 Å². The number of unbranched alkanes of at least 4 members (excludes halogenated alkanes) is 2. The Morgan fingerprint density at radius 3 is 2.42 bits per heavy atom. The highest BCUT2D eigenvalue weighted by Crippen LogP contribution is 2.20. The van der Waals surface area contributed by atoms with Crippen LogP contribution >= 0.6 is 0 Å². The van der Waals surface area contributed by atoms with Gasteiger partial charge in [0.2, 0.25) is 11.8 Å². The molecular formula is C27H43N3O3. The Hall–Kier alpha value is -2.34. The molecule has 6 heteroatoms. The first kappa shape index (κ1) is 26.9. The van der Waals surface area contributed by atoms with Gasteiger partial charge in [-0.2, -0.15) is 0 Å². The summed E-state index contributed by atoms with van der Waals surface area (Å²) in [5.41, 5.74) is 0.676. The van der Waals surface area contributed by atoms with Crippen LogP contribution in [0.5, 0.6) is 5.75 Å². The van der Waals surface area contributed by atoms with Crippen molar-refractivity contribution in [3.63, 3.8) is 0 Å². The fourth-order valence-corrected chi connectivity index (χ4v) is 4.02. The molecule has 0 radical (unpaired) electrons. The molecule has 0 spiro atoms. The van der Waals surface area contributed by atoms with Crippen LogP contribution in [-0.2, 0) is 9.59 Å². The van der Waals surface area contributed by atoms with Crippen LogP contribution in [0.1, 0.15) is 58.9 Å². The summed E-state index contributed by atoms with van der Waals surface area (Å²) in [6.45, 7) is 13.4. The van der Waals surface area contributed by atoms with Gasteiger partial charge in [-0.3, -0.25) is 14.5 Å². The van der Waals surface area contributed by atoms with Gasteiger partial charge in [0.15, 0.2) is 0 Å². The number of methoxy groups -OCH3 is 1. The number of rotatable bonds is 11. The van der Waals surface area contributed by atoms with Crippen LogP contribution in [0.25, 0.3) is 6.08 Å². The third-order valence-corrected chi connectivity index (χ3v) is 6.10. The van der Waals surface area contributed by atoms with E-state index in [1.807, 2.05) is 60.9 Å². The van der Waals surface area contributed by atoms with Crippen molar-refractivity contribution >= 4 is 17.9 Å². The summed E-state index contributed by atoms with van der Waals surface area (Å²) in [6, 6.07) is 7.90. The largest absolute Gasteiger partial charge is 0.496 e.